The third-order valence-electron chi connectivity index (χ3n) is 3.84. The summed E-state index contributed by atoms with van der Waals surface area (Å²) in [5, 5.41) is 7.76. The van der Waals surface area contributed by atoms with E-state index in [1.807, 2.05) is 30.5 Å². The van der Waals surface area contributed by atoms with Crippen molar-refractivity contribution in [1.82, 2.24) is 15.6 Å². The van der Waals surface area contributed by atoms with Crippen LogP contribution < -0.4 is 10.6 Å². The van der Waals surface area contributed by atoms with Crippen molar-refractivity contribution in [2.45, 2.75) is 25.3 Å². The molecule has 2 N–H and O–H groups in total. The molecule has 1 saturated heterocycles. The quantitative estimate of drug-likeness (QED) is 0.908. The van der Waals surface area contributed by atoms with E-state index >= 15 is 0 Å². The average molecular weight is 315 g/mol. The van der Waals surface area contributed by atoms with Gasteiger partial charge in [-0.1, -0.05) is 12.1 Å². The number of aromatic nitrogens is 1. The first-order valence-corrected chi connectivity index (χ1v) is 8.08. The Hall–Kier alpha value is -2.21. The van der Waals surface area contributed by atoms with Gasteiger partial charge in [-0.05, 0) is 25.5 Å². The summed E-state index contributed by atoms with van der Waals surface area (Å²) < 4.78 is 0. The predicted molar refractivity (Wildman–Crippen MR) is 85.7 cm³/mol. The Morgan fingerprint density at radius 1 is 1.50 bits per heavy atom. The van der Waals surface area contributed by atoms with Crippen LogP contribution in [0.5, 0.6) is 0 Å². The van der Waals surface area contributed by atoms with Gasteiger partial charge in [-0.25, -0.2) is 4.98 Å². The Labute approximate surface area is 132 Å². The summed E-state index contributed by atoms with van der Waals surface area (Å²) in [4.78, 5) is 27.9. The summed E-state index contributed by atoms with van der Waals surface area (Å²) in [6.07, 6.45) is 1.26. The third kappa shape index (κ3) is 3.17. The maximum atomic E-state index is 12.3. The molecule has 1 aromatic heterocycles. The number of nitrogens with one attached hydrogen (secondary N) is 2. The Morgan fingerprint density at radius 3 is 3.05 bits per heavy atom. The number of hydrogen-bond acceptors (Lipinski definition) is 4. The lowest BCUT2D eigenvalue weighted by Crippen LogP contribution is -2.48. The smallest absolute Gasteiger partial charge is 0.251 e. The highest BCUT2D eigenvalue weighted by Crippen LogP contribution is 2.21. The van der Waals surface area contributed by atoms with E-state index in [2.05, 4.69) is 15.6 Å². The molecule has 2 aromatic rings. The van der Waals surface area contributed by atoms with E-state index in [0.717, 1.165) is 17.7 Å². The standard InChI is InChI=1S/C16H17N3O2S/c1-16(6-5-14(20)19-16)9-17-15(21)12-4-2-3-11(7-12)13-8-22-10-18-13/h2-4,7-8,10H,5-6,9H2,1H3,(H,17,21)(H,19,20). The lowest BCUT2D eigenvalue weighted by Gasteiger charge is -2.24. The Balaban J connectivity index is 1.68. The van der Waals surface area contributed by atoms with Gasteiger partial charge in [-0.15, -0.1) is 11.3 Å². The summed E-state index contributed by atoms with van der Waals surface area (Å²) in [5.41, 5.74) is 3.81. The molecule has 0 radical (unpaired) electrons. The Kier molecular flexibility index (Phi) is 3.94. The molecule has 2 amide bonds. The molecule has 1 aromatic carbocycles. The Bertz CT molecular complexity index is 699. The summed E-state index contributed by atoms with van der Waals surface area (Å²) in [6, 6.07) is 7.40. The van der Waals surface area contributed by atoms with Gasteiger partial charge in [-0.3, -0.25) is 9.59 Å². The van der Waals surface area contributed by atoms with Crippen LogP contribution in [0, 0.1) is 0 Å². The SMILES string of the molecule is CC1(CNC(=O)c2cccc(-c3cscn3)c2)CCC(=O)N1. The van der Waals surface area contributed by atoms with E-state index in [-0.39, 0.29) is 17.4 Å². The van der Waals surface area contributed by atoms with Gasteiger partial charge in [0.1, 0.15) is 0 Å². The zero-order valence-electron chi connectivity index (χ0n) is 12.3. The number of thiazole rings is 1. The molecule has 6 heteroatoms. The molecule has 5 nitrogen and oxygen atoms in total. The van der Waals surface area contributed by atoms with Crippen molar-refractivity contribution in [2.24, 2.45) is 0 Å². The maximum absolute atomic E-state index is 12.3. The molecule has 114 valence electrons. The van der Waals surface area contributed by atoms with Crippen LogP contribution in [0.25, 0.3) is 11.3 Å². The number of hydrogen-bond donors (Lipinski definition) is 2. The van der Waals surface area contributed by atoms with E-state index in [4.69, 9.17) is 0 Å². The predicted octanol–water partition coefficient (Wildman–Crippen LogP) is 2.21. The van der Waals surface area contributed by atoms with Crippen molar-refractivity contribution >= 4 is 23.2 Å². The summed E-state index contributed by atoms with van der Waals surface area (Å²) in [7, 11) is 0. The normalized spacial score (nSPS) is 20.7. The number of carbonyl (C=O) groups excluding carboxylic acids is 2. The molecule has 0 bridgehead atoms. The van der Waals surface area contributed by atoms with E-state index in [9.17, 15) is 9.59 Å². The molecule has 0 aliphatic carbocycles. The second kappa shape index (κ2) is 5.88. The molecule has 3 rings (SSSR count). The summed E-state index contributed by atoms with van der Waals surface area (Å²) in [6.45, 7) is 2.38. The minimum absolute atomic E-state index is 0.0438. The maximum Gasteiger partial charge on any atom is 0.251 e. The first-order valence-electron chi connectivity index (χ1n) is 7.14. The second-order valence-electron chi connectivity index (χ2n) is 5.75. The third-order valence-corrected chi connectivity index (χ3v) is 4.42. The van der Waals surface area contributed by atoms with Crippen molar-refractivity contribution in [3.63, 3.8) is 0 Å². The molecule has 1 fully saturated rings. The zero-order chi connectivity index (χ0) is 15.6. The van der Waals surface area contributed by atoms with Gasteiger partial charge in [0.15, 0.2) is 0 Å². The number of amides is 2. The highest BCUT2D eigenvalue weighted by molar-refractivity contribution is 7.07. The van der Waals surface area contributed by atoms with Crippen LogP contribution in [0.2, 0.25) is 0 Å². The fourth-order valence-electron chi connectivity index (χ4n) is 2.54. The summed E-state index contributed by atoms with van der Waals surface area (Å²) in [5.74, 6) is -0.0956. The number of carbonyl (C=O) groups is 2. The highest BCUT2D eigenvalue weighted by atomic mass is 32.1. The molecule has 1 atom stereocenters. The van der Waals surface area contributed by atoms with Crippen LogP contribution in [0.1, 0.15) is 30.1 Å². The monoisotopic (exact) mass is 315 g/mol. The zero-order valence-corrected chi connectivity index (χ0v) is 13.1. The number of nitrogens with zero attached hydrogens (tertiary/aromatic N) is 1. The molecule has 2 heterocycles. The van der Waals surface area contributed by atoms with Gasteiger partial charge in [0.2, 0.25) is 5.91 Å². The van der Waals surface area contributed by atoms with Crippen LogP contribution >= 0.6 is 11.3 Å². The molecule has 0 saturated carbocycles. The molecular formula is C16H17N3O2S. The van der Waals surface area contributed by atoms with Crippen LogP contribution in [0.15, 0.2) is 35.2 Å². The van der Waals surface area contributed by atoms with Crippen molar-refractivity contribution in [1.29, 1.82) is 0 Å². The van der Waals surface area contributed by atoms with Gasteiger partial charge in [0, 0.05) is 29.5 Å². The van der Waals surface area contributed by atoms with Crippen LogP contribution in [-0.4, -0.2) is 28.9 Å². The van der Waals surface area contributed by atoms with Crippen molar-refractivity contribution in [2.75, 3.05) is 6.54 Å². The minimum atomic E-state index is -0.348. The van der Waals surface area contributed by atoms with Crippen LogP contribution in [-0.2, 0) is 4.79 Å². The molecule has 1 aliphatic rings. The second-order valence-corrected chi connectivity index (χ2v) is 6.46. The fraction of sp³-hybridized carbons (Fsp3) is 0.312. The Morgan fingerprint density at radius 2 is 2.36 bits per heavy atom. The molecule has 0 spiro atoms. The van der Waals surface area contributed by atoms with Crippen LogP contribution in [0.3, 0.4) is 0 Å². The topological polar surface area (TPSA) is 71.1 Å². The van der Waals surface area contributed by atoms with Gasteiger partial charge < -0.3 is 10.6 Å². The van der Waals surface area contributed by atoms with Crippen molar-refractivity contribution < 1.29 is 9.59 Å². The summed E-state index contributed by atoms with van der Waals surface area (Å²) >= 11 is 1.52. The van der Waals surface area contributed by atoms with E-state index < -0.39 is 0 Å². The number of rotatable bonds is 4. The van der Waals surface area contributed by atoms with Crippen molar-refractivity contribution in [3.8, 4) is 11.3 Å². The lowest BCUT2D eigenvalue weighted by molar-refractivity contribution is -0.119. The first kappa shape index (κ1) is 14.7. The van der Waals surface area contributed by atoms with E-state index in [1.54, 1.807) is 11.6 Å². The number of benzene rings is 1. The largest absolute Gasteiger partial charge is 0.350 e. The van der Waals surface area contributed by atoms with Gasteiger partial charge in [-0.2, -0.15) is 0 Å². The first-order chi connectivity index (χ1) is 10.6. The molecule has 1 unspecified atom stereocenters. The molecule has 1 aliphatic heterocycles. The fourth-order valence-corrected chi connectivity index (χ4v) is 3.10. The van der Waals surface area contributed by atoms with Crippen LogP contribution in [0.4, 0.5) is 0 Å². The molecule has 22 heavy (non-hydrogen) atoms. The van der Waals surface area contributed by atoms with E-state index in [0.29, 0.717) is 18.5 Å². The van der Waals surface area contributed by atoms with Crippen molar-refractivity contribution in [3.05, 3.63) is 40.7 Å². The average Bonchev–Trinajstić information content (AvgIpc) is 3.16. The minimum Gasteiger partial charge on any atom is -0.350 e. The van der Waals surface area contributed by atoms with Gasteiger partial charge in [0.25, 0.3) is 5.91 Å². The molecular weight excluding hydrogens is 298 g/mol. The lowest BCUT2D eigenvalue weighted by atomic mass is 10.0. The highest BCUT2D eigenvalue weighted by Gasteiger charge is 2.33. The van der Waals surface area contributed by atoms with Gasteiger partial charge >= 0.3 is 0 Å². The van der Waals surface area contributed by atoms with Gasteiger partial charge in [0.05, 0.1) is 16.7 Å². The van der Waals surface area contributed by atoms with E-state index in [1.165, 1.54) is 11.3 Å².